The smallest absolute Gasteiger partial charge is 0.311 e. The van der Waals surface area contributed by atoms with Gasteiger partial charge in [-0.3, -0.25) is 14.2 Å². The molecule has 1 unspecified atom stereocenters. The van der Waals surface area contributed by atoms with Gasteiger partial charge in [0.2, 0.25) is 0 Å². The van der Waals surface area contributed by atoms with Crippen LogP contribution in [0.3, 0.4) is 0 Å². The summed E-state index contributed by atoms with van der Waals surface area (Å²) >= 11 is 5.66. The van der Waals surface area contributed by atoms with E-state index in [1.165, 1.54) is 25.1 Å². The van der Waals surface area contributed by atoms with Gasteiger partial charge in [-0.05, 0) is 49.2 Å². The summed E-state index contributed by atoms with van der Waals surface area (Å²) in [6.07, 6.45) is 0.147. The van der Waals surface area contributed by atoms with E-state index in [0.29, 0.717) is 0 Å². The predicted molar refractivity (Wildman–Crippen MR) is 100 cm³/mol. The van der Waals surface area contributed by atoms with Crippen molar-refractivity contribution in [2.24, 2.45) is 0 Å². The lowest BCUT2D eigenvalue weighted by Gasteiger charge is -2.12. The molecule has 0 saturated heterocycles. The number of fused-ring (bicyclic) bond motifs is 1. The number of rotatable bonds is 4. The second-order valence-corrected chi connectivity index (χ2v) is 6.77. The van der Waals surface area contributed by atoms with E-state index in [1.54, 1.807) is 6.92 Å². The summed E-state index contributed by atoms with van der Waals surface area (Å²) in [6.45, 7) is 3.11. The summed E-state index contributed by atoms with van der Waals surface area (Å²) in [6, 6.07) is 5.91. The SMILES string of the molecule is CCC(C(=O)O)c1c(C)n(C(=O)c2ccc(Cl)c(F)c2)c2ccc(O)c(F)c12. The topological polar surface area (TPSA) is 79.5 Å². The molecule has 0 amide bonds. The largest absolute Gasteiger partial charge is 0.505 e. The molecule has 0 radical (unpaired) electrons. The summed E-state index contributed by atoms with van der Waals surface area (Å²) in [5.74, 6) is -5.40. The van der Waals surface area contributed by atoms with E-state index in [0.717, 1.165) is 16.7 Å². The minimum Gasteiger partial charge on any atom is -0.505 e. The molecule has 146 valence electrons. The molecule has 8 heteroatoms. The minimum atomic E-state index is -1.18. The number of hydrogen-bond donors (Lipinski definition) is 2. The predicted octanol–water partition coefficient (Wildman–Crippen LogP) is 4.85. The Kier molecular flexibility index (Phi) is 5.12. The van der Waals surface area contributed by atoms with Gasteiger partial charge in [-0.15, -0.1) is 0 Å². The average molecular weight is 408 g/mol. The molecule has 1 aromatic heterocycles. The van der Waals surface area contributed by atoms with Crippen LogP contribution in [-0.4, -0.2) is 26.7 Å². The molecule has 0 bridgehead atoms. The fraction of sp³-hybridized carbons (Fsp3) is 0.200. The van der Waals surface area contributed by atoms with Crippen molar-refractivity contribution in [2.45, 2.75) is 26.2 Å². The Labute approximate surface area is 163 Å². The summed E-state index contributed by atoms with van der Waals surface area (Å²) in [4.78, 5) is 24.8. The number of aliphatic carboxylic acids is 1. The van der Waals surface area contributed by atoms with Gasteiger partial charge in [0.15, 0.2) is 11.6 Å². The van der Waals surface area contributed by atoms with Crippen molar-refractivity contribution in [1.29, 1.82) is 0 Å². The van der Waals surface area contributed by atoms with Gasteiger partial charge in [-0.25, -0.2) is 8.78 Å². The fourth-order valence-corrected chi connectivity index (χ4v) is 3.55. The number of carbonyl (C=O) groups is 2. The molecule has 3 rings (SSSR count). The van der Waals surface area contributed by atoms with E-state index in [1.807, 2.05) is 0 Å². The van der Waals surface area contributed by atoms with Gasteiger partial charge < -0.3 is 10.2 Å². The number of phenols is 1. The van der Waals surface area contributed by atoms with E-state index >= 15 is 0 Å². The van der Waals surface area contributed by atoms with Crippen LogP contribution < -0.4 is 0 Å². The van der Waals surface area contributed by atoms with Crippen LogP contribution in [0.25, 0.3) is 10.9 Å². The maximum atomic E-state index is 14.8. The fourth-order valence-electron chi connectivity index (χ4n) is 3.43. The van der Waals surface area contributed by atoms with Crippen molar-refractivity contribution in [3.05, 3.63) is 63.8 Å². The highest BCUT2D eigenvalue weighted by Crippen LogP contribution is 2.38. The second kappa shape index (κ2) is 7.24. The number of halogens is 3. The molecular weight excluding hydrogens is 392 g/mol. The van der Waals surface area contributed by atoms with E-state index in [4.69, 9.17) is 11.6 Å². The third-order valence-electron chi connectivity index (χ3n) is 4.76. The average Bonchev–Trinajstić information content (AvgIpc) is 2.93. The van der Waals surface area contributed by atoms with Crippen LogP contribution in [0, 0.1) is 18.6 Å². The standard InChI is InChI=1S/C20H16ClF2NO4/c1-3-11(20(27)28)16-9(2)24(14-6-7-15(25)18(23)17(14)16)19(26)10-4-5-12(21)13(22)8-10/h4-8,11,25H,3H2,1-2H3,(H,27,28). The first-order valence-corrected chi connectivity index (χ1v) is 8.81. The molecule has 0 spiro atoms. The number of benzene rings is 2. The van der Waals surface area contributed by atoms with E-state index in [9.17, 15) is 28.6 Å². The van der Waals surface area contributed by atoms with Gasteiger partial charge in [-0.2, -0.15) is 0 Å². The minimum absolute atomic E-state index is 0.0368. The van der Waals surface area contributed by atoms with Crippen molar-refractivity contribution in [3.8, 4) is 5.75 Å². The molecule has 2 N–H and O–H groups in total. The molecule has 1 heterocycles. The molecule has 0 fully saturated rings. The van der Waals surface area contributed by atoms with Crippen LogP contribution in [0.5, 0.6) is 5.75 Å². The van der Waals surface area contributed by atoms with Crippen molar-refractivity contribution in [3.63, 3.8) is 0 Å². The second-order valence-electron chi connectivity index (χ2n) is 6.36. The summed E-state index contributed by atoms with van der Waals surface area (Å²) in [7, 11) is 0. The van der Waals surface area contributed by atoms with Crippen molar-refractivity contribution in [1.82, 2.24) is 4.57 Å². The highest BCUT2D eigenvalue weighted by Gasteiger charge is 2.30. The molecule has 0 aliphatic carbocycles. The highest BCUT2D eigenvalue weighted by atomic mass is 35.5. The van der Waals surface area contributed by atoms with Crippen LogP contribution in [-0.2, 0) is 4.79 Å². The molecule has 5 nitrogen and oxygen atoms in total. The highest BCUT2D eigenvalue weighted by molar-refractivity contribution is 6.30. The number of aromatic hydroxyl groups is 1. The lowest BCUT2D eigenvalue weighted by atomic mass is 9.93. The van der Waals surface area contributed by atoms with Crippen LogP contribution in [0.1, 0.15) is 40.9 Å². The monoisotopic (exact) mass is 407 g/mol. The van der Waals surface area contributed by atoms with E-state index < -0.39 is 35.2 Å². The molecule has 2 aromatic carbocycles. The summed E-state index contributed by atoms with van der Waals surface area (Å²) in [5, 5.41) is 19.0. The molecule has 3 aromatic rings. The molecular formula is C20H16ClF2NO4. The third kappa shape index (κ3) is 3.01. The summed E-state index contributed by atoms with van der Waals surface area (Å²) < 4.78 is 29.7. The Morgan fingerprint density at radius 3 is 2.46 bits per heavy atom. The van der Waals surface area contributed by atoms with Gasteiger partial charge in [0, 0.05) is 16.6 Å². The molecule has 0 saturated carbocycles. The number of carbonyl (C=O) groups excluding carboxylic acids is 1. The van der Waals surface area contributed by atoms with Gasteiger partial charge in [0.25, 0.3) is 5.91 Å². The maximum Gasteiger partial charge on any atom is 0.311 e. The van der Waals surface area contributed by atoms with Crippen LogP contribution >= 0.6 is 11.6 Å². The zero-order chi connectivity index (χ0) is 20.7. The Hall–Kier alpha value is -2.93. The van der Waals surface area contributed by atoms with Crippen molar-refractivity contribution >= 4 is 34.4 Å². The maximum absolute atomic E-state index is 14.8. The normalized spacial score (nSPS) is 12.3. The molecule has 1 atom stereocenters. The van der Waals surface area contributed by atoms with E-state index in [-0.39, 0.29) is 39.2 Å². The number of hydrogen-bond acceptors (Lipinski definition) is 3. The number of carboxylic acids is 1. The first-order valence-electron chi connectivity index (χ1n) is 8.43. The zero-order valence-corrected chi connectivity index (χ0v) is 15.7. The molecule has 0 aliphatic rings. The lowest BCUT2D eigenvalue weighted by Crippen LogP contribution is -2.16. The Bertz CT molecular complexity index is 1120. The lowest BCUT2D eigenvalue weighted by molar-refractivity contribution is -0.138. The number of aromatic nitrogens is 1. The van der Waals surface area contributed by atoms with Gasteiger partial charge in [-0.1, -0.05) is 18.5 Å². The Balaban J connectivity index is 2.36. The van der Waals surface area contributed by atoms with E-state index in [2.05, 4.69) is 0 Å². The molecule has 28 heavy (non-hydrogen) atoms. The van der Waals surface area contributed by atoms with Gasteiger partial charge in [0.1, 0.15) is 5.82 Å². The molecule has 0 aliphatic heterocycles. The van der Waals surface area contributed by atoms with Crippen LogP contribution in [0.15, 0.2) is 30.3 Å². The number of nitrogens with zero attached hydrogens (tertiary/aromatic N) is 1. The quantitative estimate of drug-likeness (QED) is 0.647. The first kappa shape index (κ1) is 19.8. The zero-order valence-electron chi connectivity index (χ0n) is 15.0. The third-order valence-corrected chi connectivity index (χ3v) is 5.07. The van der Waals surface area contributed by atoms with Gasteiger partial charge >= 0.3 is 5.97 Å². The van der Waals surface area contributed by atoms with Crippen LogP contribution in [0.4, 0.5) is 8.78 Å². The Morgan fingerprint density at radius 1 is 1.21 bits per heavy atom. The number of carboxylic acid groups (broad SMARTS) is 1. The van der Waals surface area contributed by atoms with Crippen LogP contribution in [0.2, 0.25) is 5.02 Å². The summed E-state index contributed by atoms with van der Waals surface area (Å²) in [5.41, 5.74) is 0.350. The number of phenolic OH excluding ortho intramolecular Hbond substituents is 1. The van der Waals surface area contributed by atoms with Crippen molar-refractivity contribution < 1.29 is 28.6 Å². The van der Waals surface area contributed by atoms with Crippen molar-refractivity contribution in [2.75, 3.05) is 0 Å². The first-order chi connectivity index (χ1) is 13.2. The Morgan fingerprint density at radius 2 is 1.89 bits per heavy atom. The van der Waals surface area contributed by atoms with Gasteiger partial charge in [0.05, 0.1) is 16.5 Å².